The molecule has 1 aliphatic rings. The summed E-state index contributed by atoms with van der Waals surface area (Å²) in [6.45, 7) is 3.80. The Labute approximate surface area is 136 Å². The van der Waals surface area contributed by atoms with Crippen LogP contribution in [0.3, 0.4) is 0 Å². The fourth-order valence-electron chi connectivity index (χ4n) is 2.62. The van der Waals surface area contributed by atoms with Crippen LogP contribution in [0, 0.1) is 5.92 Å². The van der Waals surface area contributed by atoms with Crippen molar-refractivity contribution in [1.82, 2.24) is 10.2 Å². The van der Waals surface area contributed by atoms with Gasteiger partial charge in [-0.2, -0.15) is 0 Å². The molecule has 0 unspecified atom stereocenters. The SMILES string of the molecule is CCOC(=O)N1CCC(C(=O)NCc2ccc(OC)cc2)CC1. The molecule has 126 valence electrons. The Morgan fingerprint density at radius 3 is 2.43 bits per heavy atom. The molecule has 0 saturated carbocycles. The van der Waals surface area contributed by atoms with Gasteiger partial charge in [-0.3, -0.25) is 4.79 Å². The molecule has 1 heterocycles. The zero-order chi connectivity index (χ0) is 16.7. The number of carbonyl (C=O) groups excluding carboxylic acids is 2. The van der Waals surface area contributed by atoms with Crippen molar-refractivity contribution in [2.75, 3.05) is 26.8 Å². The van der Waals surface area contributed by atoms with Crippen molar-refractivity contribution in [3.05, 3.63) is 29.8 Å². The molecule has 0 radical (unpaired) electrons. The number of rotatable bonds is 5. The zero-order valence-corrected chi connectivity index (χ0v) is 13.7. The van der Waals surface area contributed by atoms with Gasteiger partial charge in [0.1, 0.15) is 5.75 Å². The lowest BCUT2D eigenvalue weighted by Gasteiger charge is -2.30. The summed E-state index contributed by atoms with van der Waals surface area (Å²) in [5.41, 5.74) is 1.03. The molecule has 1 aliphatic heterocycles. The molecule has 1 N–H and O–H groups in total. The van der Waals surface area contributed by atoms with Crippen molar-refractivity contribution in [1.29, 1.82) is 0 Å². The quantitative estimate of drug-likeness (QED) is 0.903. The van der Waals surface area contributed by atoms with Crippen LogP contribution in [-0.4, -0.2) is 43.7 Å². The number of nitrogens with zero attached hydrogens (tertiary/aromatic N) is 1. The van der Waals surface area contributed by atoms with Crippen LogP contribution in [-0.2, 0) is 16.1 Å². The van der Waals surface area contributed by atoms with Crippen LogP contribution < -0.4 is 10.1 Å². The monoisotopic (exact) mass is 320 g/mol. The summed E-state index contributed by atoms with van der Waals surface area (Å²) in [5.74, 6) is 0.801. The number of likely N-dealkylation sites (tertiary alicyclic amines) is 1. The van der Waals surface area contributed by atoms with Gasteiger partial charge in [0, 0.05) is 25.6 Å². The molecular formula is C17H24N2O4. The molecule has 6 heteroatoms. The van der Waals surface area contributed by atoms with Crippen molar-refractivity contribution in [3.63, 3.8) is 0 Å². The first-order valence-electron chi connectivity index (χ1n) is 7.96. The second-order valence-electron chi connectivity index (χ2n) is 5.53. The number of nitrogens with one attached hydrogen (secondary N) is 1. The molecule has 2 amide bonds. The van der Waals surface area contributed by atoms with Crippen molar-refractivity contribution >= 4 is 12.0 Å². The fraction of sp³-hybridized carbons (Fsp3) is 0.529. The maximum Gasteiger partial charge on any atom is 0.409 e. The van der Waals surface area contributed by atoms with Gasteiger partial charge < -0.3 is 19.7 Å². The largest absolute Gasteiger partial charge is 0.497 e. The minimum atomic E-state index is -0.287. The lowest BCUT2D eigenvalue weighted by molar-refractivity contribution is -0.126. The highest BCUT2D eigenvalue weighted by atomic mass is 16.6. The van der Waals surface area contributed by atoms with Crippen molar-refractivity contribution in [2.45, 2.75) is 26.3 Å². The van der Waals surface area contributed by atoms with Crippen molar-refractivity contribution < 1.29 is 19.1 Å². The number of hydrogen-bond acceptors (Lipinski definition) is 4. The van der Waals surface area contributed by atoms with Gasteiger partial charge in [-0.15, -0.1) is 0 Å². The van der Waals surface area contributed by atoms with Crippen LogP contribution in [0.15, 0.2) is 24.3 Å². The van der Waals surface area contributed by atoms with E-state index in [2.05, 4.69) is 5.32 Å². The third-order valence-electron chi connectivity index (χ3n) is 4.02. The molecule has 1 saturated heterocycles. The van der Waals surface area contributed by atoms with Crippen LogP contribution in [0.1, 0.15) is 25.3 Å². The molecule has 1 fully saturated rings. The summed E-state index contributed by atoms with van der Waals surface area (Å²) in [5, 5.41) is 2.96. The predicted octanol–water partition coefficient (Wildman–Crippen LogP) is 2.18. The fourth-order valence-corrected chi connectivity index (χ4v) is 2.62. The number of piperidine rings is 1. The van der Waals surface area contributed by atoms with Crippen LogP contribution >= 0.6 is 0 Å². The first-order chi connectivity index (χ1) is 11.1. The molecule has 1 aromatic rings. The number of amides is 2. The Bertz CT molecular complexity index is 522. The second-order valence-corrected chi connectivity index (χ2v) is 5.53. The van der Waals surface area contributed by atoms with E-state index in [4.69, 9.17) is 9.47 Å². The number of carbonyl (C=O) groups is 2. The number of ether oxygens (including phenoxy) is 2. The number of methoxy groups -OCH3 is 1. The van der Waals surface area contributed by atoms with Gasteiger partial charge in [-0.25, -0.2) is 4.79 Å². The normalized spacial score (nSPS) is 15.1. The van der Waals surface area contributed by atoms with Gasteiger partial charge in [0.05, 0.1) is 13.7 Å². The highest BCUT2D eigenvalue weighted by molar-refractivity contribution is 5.79. The summed E-state index contributed by atoms with van der Waals surface area (Å²) < 4.78 is 10.1. The lowest BCUT2D eigenvalue weighted by Crippen LogP contribution is -2.43. The van der Waals surface area contributed by atoms with E-state index in [1.54, 1.807) is 18.9 Å². The molecule has 6 nitrogen and oxygen atoms in total. The summed E-state index contributed by atoms with van der Waals surface area (Å²) in [4.78, 5) is 25.5. The Hall–Kier alpha value is -2.24. The van der Waals surface area contributed by atoms with Crippen LogP contribution in [0.5, 0.6) is 5.75 Å². The average Bonchev–Trinajstić information content (AvgIpc) is 2.60. The topological polar surface area (TPSA) is 67.9 Å². The van der Waals surface area contributed by atoms with Crippen LogP contribution in [0.2, 0.25) is 0 Å². The molecule has 0 aliphatic carbocycles. The van der Waals surface area contributed by atoms with E-state index in [0.29, 0.717) is 39.1 Å². The van der Waals surface area contributed by atoms with E-state index in [0.717, 1.165) is 11.3 Å². The third kappa shape index (κ3) is 4.87. The highest BCUT2D eigenvalue weighted by Gasteiger charge is 2.27. The average molecular weight is 320 g/mol. The Morgan fingerprint density at radius 1 is 1.22 bits per heavy atom. The molecule has 2 rings (SSSR count). The Morgan fingerprint density at radius 2 is 1.87 bits per heavy atom. The van der Waals surface area contributed by atoms with Crippen LogP contribution in [0.4, 0.5) is 4.79 Å². The van der Waals surface area contributed by atoms with Crippen molar-refractivity contribution in [2.24, 2.45) is 5.92 Å². The van der Waals surface area contributed by atoms with Gasteiger partial charge in [0.15, 0.2) is 0 Å². The van der Waals surface area contributed by atoms with Crippen LogP contribution in [0.25, 0.3) is 0 Å². The summed E-state index contributed by atoms with van der Waals surface area (Å²) >= 11 is 0. The van der Waals surface area contributed by atoms with E-state index >= 15 is 0 Å². The van der Waals surface area contributed by atoms with Gasteiger partial charge >= 0.3 is 6.09 Å². The molecule has 23 heavy (non-hydrogen) atoms. The van der Waals surface area contributed by atoms with Gasteiger partial charge in [-0.05, 0) is 37.5 Å². The minimum absolute atomic E-state index is 0.0427. The lowest BCUT2D eigenvalue weighted by atomic mass is 9.96. The van der Waals surface area contributed by atoms with Gasteiger partial charge in [-0.1, -0.05) is 12.1 Å². The Balaban J connectivity index is 1.75. The van der Waals surface area contributed by atoms with E-state index < -0.39 is 0 Å². The Kier molecular flexibility index (Phi) is 6.26. The second kappa shape index (κ2) is 8.41. The number of hydrogen-bond donors (Lipinski definition) is 1. The molecule has 0 atom stereocenters. The van der Waals surface area contributed by atoms with E-state index in [1.165, 1.54) is 0 Å². The molecule has 0 spiro atoms. The third-order valence-corrected chi connectivity index (χ3v) is 4.02. The highest BCUT2D eigenvalue weighted by Crippen LogP contribution is 2.18. The minimum Gasteiger partial charge on any atom is -0.497 e. The summed E-state index contributed by atoms with van der Waals surface area (Å²) in [6.07, 6.45) is 1.06. The molecule has 0 aromatic heterocycles. The molecular weight excluding hydrogens is 296 g/mol. The first kappa shape index (κ1) is 17.1. The summed E-state index contributed by atoms with van der Waals surface area (Å²) in [7, 11) is 1.62. The molecule has 1 aromatic carbocycles. The maximum absolute atomic E-state index is 12.2. The smallest absolute Gasteiger partial charge is 0.409 e. The number of benzene rings is 1. The molecule has 0 bridgehead atoms. The summed E-state index contributed by atoms with van der Waals surface area (Å²) in [6, 6.07) is 7.61. The van der Waals surface area contributed by atoms with E-state index in [-0.39, 0.29) is 17.9 Å². The van der Waals surface area contributed by atoms with E-state index in [1.807, 2.05) is 24.3 Å². The van der Waals surface area contributed by atoms with E-state index in [9.17, 15) is 9.59 Å². The van der Waals surface area contributed by atoms with Gasteiger partial charge in [0.25, 0.3) is 0 Å². The standard InChI is InChI=1S/C17H24N2O4/c1-3-23-17(21)19-10-8-14(9-11-19)16(20)18-12-13-4-6-15(22-2)7-5-13/h4-7,14H,3,8-12H2,1-2H3,(H,18,20). The maximum atomic E-state index is 12.2. The van der Waals surface area contributed by atoms with Crippen molar-refractivity contribution in [3.8, 4) is 5.75 Å². The zero-order valence-electron chi connectivity index (χ0n) is 13.7. The first-order valence-corrected chi connectivity index (χ1v) is 7.96. The predicted molar refractivity (Wildman–Crippen MR) is 86.2 cm³/mol. The van der Waals surface area contributed by atoms with Gasteiger partial charge in [0.2, 0.25) is 5.91 Å².